The highest BCUT2D eigenvalue weighted by Crippen LogP contribution is 2.18. The third-order valence-electron chi connectivity index (χ3n) is 2.86. The largest absolute Gasteiger partial charge is 0.315 e. The molecule has 1 rings (SSSR count). The van der Waals surface area contributed by atoms with E-state index in [-0.39, 0.29) is 0 Å². The molecule has 0 aromatic rings. The third-order valence-corrected chi connectivity index (χ3v) is 2.86. The van der Waals surface area contributed by atoms with E-state index < -0.39 is 0 Å². The number of hydrogen-bond acceptors (Lipinski definition) is 3. The Morgan fingerprint density at radius 3 is 2.64 bits per heavy atom. The quantitative estimate of drug-likeness (QED) is 0.698. The molecule has 1 unspecified atom stereocenters. The third kappa shape index (κ3) is 3.56. The van der Waals surface area contributed by atoms with E-state index in [1.807, 2.05) is 0 Å². The molecule has 0 radical (unpaired) electrons. The average molecular weight is 199 g/mol. The fourth-order valence-electron chi connectivity index (χ4n) is 2.22. The van der Waals surface area contributed by atoms with Gasteiger partial charge in [0.25, 0.3) is 0 Å². The van der Waals surface area contributed by atoms with Gasteiger partial charge in [-0.1, -0.05) is 13.8 Å². The molecule has 0 aliphatic carbocycles. The Morgan fingerprint density at radius 1 is 1.43 bits per heavy atom. The van der Waals surface area contributed by atoms with E-state index >= 15 is 0 Å². The Balaban J connectivity index is 2.53. The lowest BCUT2D eigenvalue weighted by Crippen LogP contribution is -2.44. The second-order valence-electron chi connectivity index (χ2n) is 5.63. The highest BCUT2D eigenvalue weighted by Gasteiger charge is 2.27. The summed E-state index contributed by atoms with van der Waals surface area (Å²) in [6.45, 7) is 9.21. The molecule has 0 aromatic heterocycles. The molecule has 1 fully saturated rings. The lowest BCUT2D eigenvalue weighted by atomic mass is 9.93. The van der Waals surface area contributed by atoms with Gasteiger partial charge < -0.3 is 15.1 Å². The van der Waals surface area contributed by atoms with Gasteiger partial charge in [0.2, 0.25) is 0 Å². The van der Waals surface area contributed by atoms with Gasteiger partial charge in [0, 0.05) is 32.2 Å². The molecule has 1 atom stereocenters. The van der Waals surface area contributed by atoms with Gasteiger partial charge in [-0.2, -0.15) is 0 Å². The van der Waals surface area contributed by atoms with Crippen LogP contribution in [0.15, 0.2) is 0 Å². The zero-order chi connectivity index (χ0) is 10.8. The van der Waals surface area contributed by atoms with Gasteiger partial charge >= 0.3 is 0 Å². The van der Waals surface area contributed by atoms with Crippen molar-refractivity contribution in [3.63, 3.8) is 0 Å². The summed E-state index contributed by atoms with van der Waals surface area (Å²) in [7, 11) is 6.52. The Hall–Kier alpha value is -0.120. The van der Waals surface area contributed by atoms with Crippen molar-refractivity contribution < 1.29 is 0 Å². The Bertz CT molecular complexity index is 177. The fraction of sp³-hybridized carbons (Fsp3) is 1.00. The predicted molar refractivity (Wildman–Crippen MR) is 61.6 cm³/mol. The summed E-state index contributed by atoms with van der Waals surface area (Å²) in [5, 5.41) is 3.56. The molecule has 0 saturated carbocycles. The monoisotopic (exact) mass is 199 g/mol. The van der Waals surface area contributed by atoms with Crippen LogP contribution in [0.3, 0.4) is 0 Å². The van der Waals surface area contributed by atoms with Crippen LogP contribution in [0.25, 0.3) is 0 Å². The van der Waals surface area contributed by atoms with E-state index in [0.29, 0.717) is 11.5 Å². The Morgan fingerprint density at radius 2 is 2.07 bits per heavy atom. The zero-order valence-electron chi connectivity index (χ0n) is 10.3. The maximum absolute atomic E-state index is 3.56. The standard InChI is InChI=1S/C11H25N3/c1-11(2)8-12-6-10(7-13(3)4)14(5)9-11/h10,12H,6-9H2,1-5H3. The van der Waals surface area contributed by atoms with Crippen molar-refractivity contribution in [2.45, 2.75) is 19.9 Å². The number of likely N-dealkylation sites (N-methyl/N-ethyl adjacent to an activating group) is 2. The van der Waals surface area contributed by atoms with Crippen molar-refractivity contribution in [1.29, 1.82) is 0 Å². The van der Waals surface area contributed by atoms with Crippen LogP contribution in [-0.2, 0) is 0 Å². The maximum atomic E-state index is 3.56. The van der Waals surface area contributed by atoms with Crippen LogP contribution in [0.4, 0.5) is 0 Å². The van der Waals surface area contributed by atoms with Crippen LogP contribution in [0, 0.1) is 5.41 Å². The van der Waals surface area contributed by atoms with Gasteiger partial charge in [-0.15, -0.1) is 0 Å². The molecule has 3 nitrogen and oxygen atoms in total. The summed E-state index contributed by atoms with van der Waals surface area (Å²) in [6, 6.07) is 0.645. The minimum atomic E-state index is 0.399. The SMILES string of the molecule is CN(C)CC1CNCC(C)(C)CN1C. The maximum Gasteiger partial charge on any atom is 0.0344 e. The molecule has 0 aromatic carbocycles. The minimum absolute atomic E-state index is 0.399. The molecular formula is C11H25N3. The first-order chi connectivity index (χ1) is 6.41. The van der Waals surface area contributed by atoms with Crippen LogP contribution in [0.2, 0.25) is 0 Å². The van der Waals surface area contributed by atoms with Crippen LogP contribution in [0.5, 0.6) is 0 Å². The van der Waals surface area contributed by atoms with E-state index in [2.05, 4.69) is 50.1 Å². The smallest absolute Gasteiger partial charge is 0.0344 e. The molecule has 1 saturated heterocycles. The van der Waals surface area contributed by atoms with E-state index in [0.717, 1.165) is 19.6 Å². The number of rotatable bonds is 2. The van der Waals surface area contributed by atoms with Crippen molar-refractivity contribution in [2.24, 2.45) is 5.41 Å². The molecule has 1 aliphatic heterocycles. The predicted octanol–water partition coefficient (Wildman–Crippen LogP) is 0.478. The average Bonchev–Trinajstić information content (AvgIpc) is 2.10. The van der Waals surface area contributed by atoms with E-state index in [1.54, 1.807) is 0 Å². The topological polar surface area (TPSA) is 18.5 Å². The molecule has 0 bridgehead atoms. The zero-order valence-corrected chi connectivity index (χ0v) is 10.3. The van der Waals surface area contributed by atoms with Crippen molar-refractivity contribution in [1.82, 2.24) is 15.1 Å². The molecular weight excluding hydrogens is 174 g/mol. The molecule has 1 heterocycles. The van der Waals surface area contributed by atoms with Gasteiger partial charge in [-0.05, 0) is 26.6 Å². The molecule has 0 spiro atoms. The van der Waals surface area contributed by atoms with Crippen molar-refractivity contribution in [3.8, 4) is 0 Å². The normalized spacial score (nSPS) is 29.1. The molecule has 1 N–H and O–H groups in total. The summed E-state index contributed by atoms with van der Waals surface area (Å²) in [5.41, 5.74) is 0.399. The van der Waals surface area contributed by atoms with E-state index in [9.17, 15) is 0 Å². The van der Waals surface area contributed by atoms with Crippen LogP contribution >= 0.6 is 0 Å². The molecule has 0 amide bonds. The summed E-state index contributed by atoms with van der Waals surface area (Å²) in [4.78, 5) is 4.75. The van der Waals surface area contributed by atoms with Crippen molar-refractivity contribution >= 4 is 0 Å². The van der Waals surface area contributed by atoms with Gasteiger partial charge in [0.15, 0.2) is 0 Å². The molecule has 3 heteroatoms. The fourth-order valence-corrected chi connectivity index (χ4v) is 2.22. The van der Waals surface area contributed by atoms with Crippen molar-refractivity contribution in [3.05, 3.63) is 0 Å². The van der Waals surface area contributed by atoms with Crippen LogP contribution in [0.1, 0.15) is 13.8 Å². The second-order valence-corrected chi connectivity index (χ2v) is 5.63. The number of nitrogens with zero attached hydrogens (tertiary/aromatic N) is 2. The minimum Gasteiger partial charge on any atom is -0.315 e. The lowest BCUT2D eigenvalue weighted by molar-refractivity contribution is 0.167. The van der Waals surface area contributed by atoms with Crippen LogP contribution in [-0.4, -0.2) is 63.2 Å². The van der Waals surface area contributed by atoms with E-state index in [4.69, 9.17) is 0 Å². The van der Waals surface area contributed by atoms with Gasteiger partial charge in [0.1, 0.15) is 0 Å². The summed E-state index contributed by atoms with van der Waals surface area (Å²) >= 11 is 0. The first-order valence-corrected chi connectivity index (χ1v) is 5.46. The molecule has 14 heavy (non-hydrogen) atoms. The van der Waals surface area contributed by atoms with Gasteiger partial charge in [-0.3, -0.25) is 0 Å². The second kappa shape index (κ2) is 4.60. The molecule has 1 aliphatic rings. The van der Waals surface area contributed by atoms with Gasteiger partial charge in [0.05, 0.1) is 0 Å². The summed E-state index contributed by atoms with van der Waals surface area (Å²) < 4.78 is 0. The first kappa shape index (κ1) is 12.0. The highest BCUT2D eigenvalue weighted by atomic mass is 15.2. The Kier molecular flexibility index (Phi) is 3.93. The van der Waals surface area contributed by atoms with Crippen LogP contribution < -0.4 is 5.32 Å². The number of nitrogens with one attached hydrogen (secondary N) is 1. The highest BCUT2D eigenvalue weighted by molar-refractivity contribution is 4.85. The first-order valence-electron chi connectivity index (χ1n) is 5.46. The van der Waals surface area contributed by atoms with E-state index in [1.165, 1.54) is 6.54 Å². The summed E-state index contributed by atoms with van der Waals surface area (Å²) in [5.74, 6) is 0. The number of hydrogen-bond donors (Lipinski definition) is 1. The van der Waals surface area contributed by atoms with Crippen molar-refractivity contribution in [2.75, 3.05) is 47.3 Å². The lowest BCUT2D eigenvalue weighted by Gasteiger charge is -2.31. The van der Waals surface area contributed by atoms with Gasteiger partial charge in [-0.25, -0.2) is 0 Å². The molecule has 84 valence electrons. The summed E-state index contributed by atoms with van der Waals surface area (Å²) in [6.07, 6.45) is 0. The Labute approximate surface area is 88.5 Å².